The van der Waals surface area contributed by atoms with Gasteiger partial charge in [0.1, 0.15) is 5.84 Å². The van der Waals surface area contributed by atoms with E-state index in [2.05, 4.69) is 19.9 Å². The summed E-state index contributed by atoms with van der Waals surface area (Å²) in [6.07, 6.45) is 2.03. The number of piperidine rings is 1. The van der Waals surface area contributed by atoms with Crippen LogP contribution in [0.4, 0.5) is 0 Å². The molecule has 0 atom stereocenters. The SMILES string of the molecule is O=C(CCN=C1NS(=O)(=O)c2ccccc21)NC1CCN(Cc2ccc(Cl)cc2)CC1. The second-order valence-corrected chi connectivity index (χ2v) is 9.91. The van der Waals surface area contributed by atoms with Crippen molar-refractivity contribution in [2.45, 2.75) is 36.7 Å². The highest BCUT2D eigenvalue weighted by molar-refractivity contribution is 7.90. The number of nitrogens with one attached hydrogen (secondary N) is 2. The molecule has 2 heterocycles. The Kier molecular flexibility index (Phi) is 6.60. The summed E-state index contributed by atoms with van der Waals surface area (Å²) in [7, 11) is -3.55. The third-order valence-corrected chi connectivity index (χ3v) is 7.19. The molecule has 1 saturated heterocycles. The molecule has 2 N–H and O–H groups in total. The standard InChI is InChI=1S/C22H25ClN4O3S/c23-17-7-5-16(6-8-17)15-27-13-10-18(11-14-27)25-21(28)9-12-24-22-19-3-1-2-4-20(19)31(29,30)26-22/h1-8,18H,9-15H2,(H,24,26)(H,25,28). The molecule has 2 aliphatic rings. The fourth-order valence-electron chi connectivity index (χ4n) is 3.90. The summed E-state index contributed by atoms with van der Waals surface area (Å²) < 4.78 is 26.7. The maximum absolute atomic E-state index is 12.3. The van der Waals surface area contributed by atoms with Gasteiger partial charge in [-0.15, -0.1) is 0 Å². The summed E-state index contributed by atoms with van der Waals surface area (Å²) >= 11 is 5.94. The smallest absolute Gasteiger partial charge is 0.263 e. The van der Waals surface area contributed by atoms with Gasteiger partial charge in [0.15, 0.2) is 0 Å². The van der Waals surface area contributed by atoms with Gasteiger partial charge in [0.2, 0.25) is 5.91 Å². The number of benzene rings is 2. The first-order valence-corrected chi connectivity index (χ1v) is 12.2. The zero-order valence-electron chi connectivity index (χ0n) is 17.1. The molecule has 0 saturated carbocycles. The van der Waals surface area contributed by atoms with Gasteiger partial charge in [0.25, 0.3) is 10.0 Å². The van der Waals surface area contributed by atoms with E-state index in [1.54, 1.807) is 24.3 Å². The van der Waals surface area contributed by atoms with Crippen LogP contribution in [0.2, 0.25) is 5.02 Å². The zero-order valence-corrected chi connectivity index (χ0v) is 18.6. The number of amides is 1. The first-order valence-electron chi connectivity index (χ1n) is 10.3. The number of hydrogen-bond acceptors (Lipinski definition) is 5. The van der Waals surface area contributed by atoms with E-state index in [1.807, 2.05) is 24.3 Å². The molecule has 7 nitrogen and oxygen atoms in total. The first kappa shape index (κ1) is 21.8. The molecule has 1 fully saturated rings. The van der Waals surface area contributed by atoms with E-state index in [0.29, 0.717) is 11.4 Å². The Morgan fingerprint density at radius 1 is 1.13 bits per heavy atom. The van der Waals surface area contributed by atoms with Crippen molar-refractivity contribution < 1.29 is 13.2 Å². The molecule has 0 spiro atoms. The number of amidine groups is 1. The number of carbonyl (C=O) groups excluding carboxylic acids is 1. The topological polar surface area (TPSA) is 90.9 Å². The maximum Gasteiger partial charge on any atom is 0.263 e. The van der Waals surface area contributed by atoms with Gasteiger partial charge in [0.05, 0.1) is 11.4 Å². The van der Waals surface area contributed by atoms with Crippen LogP contribution in [0, 0.1) is 0 Å². The molecular weight excluding hydrogens is 436 g/mol. The molecule has 164 valence electrons. The third kappa shape index (κ3) is 5.44. The Bertz CT molecular complexity index is 1080. The average Bonchev–Trinajstić information content (AvgIpc) is 3.02. The van der Waals surface area contributed by atoms with Crippen LogP contribution in [0.25, 0.3) is 0 Å². The lowest BCUT2D eigenvalue weighted by Crippen LogP contribution is -2.44. The largest absolute Gasteiger partial charge is 0.353 e. The highest BCUT2D eigenvalue weighted by Gasteiger charge is 2.30. The van der Waals surface area contributed by atoms with Crippen molar-refractivity contribution in [2.24, 2.45) is 4.99 Å². The molecule has 0 aliphatic carbocycles. The summed E-state index contributed by atoms with van der Waals surface area (Å²) in [6, 6.07) is 14.8. The van der Waals surface area contributed by atoms with Crippen molar-refractivity contribution in [1.29, 1.82) is 0 Å². The van der Waals surface area contributed by atoms with Crippen LogP contribution in [-0.2, 0) is 21.4 Å². The number of likely N-dealkylation sites (tertiary alicyclic amines) is 1. The Morgan fingerprint density at radius 2 is 1.84 bits per heavy atom. The van der Waals surface area contributed by atoms with Gasteiger partial charge in [0, 0.05) is 42.7 Å². The van der Waals surface area contributed by atoms with Crippen LogP contribution in [0.1, 0.15) is 30.4 Å². The Hall–Kier alpha value is -2.42. The van der Waals surface area contributed by atoms with Crippen molar-refractivity contribution in [3.63, 3.8) is 0 Å². The number of hydrogen-bond donors (Lipinski definition) is 2. The highest BCUT2D eigenvalue weighted by atomic mass is 35.5. The fourth-order valence-corrected chi connectivity index (χ4v) is 5.28. The van der Waals surface area contributed by atoms with Gasteiger partial charge in [-0.3, -0.25) is 19.4 Å². The van der Waals surface area contributed by atoms with E-state index in [-0.39, 0.29) is 29.8 Å². The van der Waals surface area contributed by atoms with Gasteiger partial charge in [-0.25, -0.2) is 8.42 Å². The summed E-state index contributed by atoms with van der Waals surface area (Å²) in [4.78, 5) is 19.2. The molecule has 31 heavy (non-hydrogen) atoms. The second kappa shape index (κ2) is 9.38. The van der Waals surface area contributed by atoms with E-state index in [1.165, 1.54) is 5.56 Å². The average molecular weight is 461 g/mol. The Labute approximate surface area is 187 Å². The molecule has 2 aromatic carbocycles. The third-order valence-electron chi connectivity index (χ3n) is 5.54. The highest BCUT2D eigenvalue weighted by Crippen LogP contribution is 2.22. The second-order valence-electron chi connectivity index (χ2n) is 7.83. The number of nitrogens with zero attached hydrogens (tertiary/aromatic N) is 2. The van der Waals surface area contributed by atoms with Crippen LogP contribution >= 0.6 is 11.6 Å². The van der Waals surface area contributed by atoms with Crippen LogP contribution < -0.4 is 10.0 Å². The normalized spacial score (nSPS) is 19.7. The van der Waals surface area contributed by atoms with E-state index in [4.69, 9.17) is 11.6 Å². The number of rotatable bonds is 6. The van der Waals surface area contributed by atoms with E-state index in [0.717, 1.165) is 37.5 Å². The molecule has 1 amide bonds. The van der Waals surface area contributed by atoms with Crippen LogP contribution in [0.15, 0.2) is 58.4 Å². The van der Waals surface area contributed by atoms with Gasteiger partial charge in [-0.1, -0.05) is 35.9 Å². The van der Waals surface area contributed by atoms with Gasteiger partial charge < -0.3 is 5.32 Å². The Balaban J connectivity index is 1.22. The number of sulfonamides is 1. The molecule has 2 aliphatic heterocycles. The maximum atomic E-state index is 12.3. The number of carbonyl (C=O) groups is 1. The van der Waals surface area contributed by atoms with Crippen LogP contribution in [0.5, 0.6) is 0 Å². The minimum atomic E-state index is -3.55. The lowest BCUT2D eigenvalue weighted by atomic mass is 10.0. The van der Waals surface area contributed by atoms with Crippen LogP contribution in [0.3, 0.4) is 0 Å². The van der Waals surface area contributed by atoms with Gasteiger partial charge in [-0.05, 0) is 42.7 Å². The van der Waals surface area contributed by atoms with Crippen molar-refractivity contribution in [1.82, 2.24) is 14.9 Å². The number of aliphatic imine (C=N–C) groups is 1. The lowest BCUT2D eigenvalue weighted by molar-refractivity contribution is -0.121. The van der Waals surface area contributed by atoms with E-state index in [9.17, 15) is 13.2 Å². The first-order chi connectivity index (χ1) is 14.9. The van der Waals surface area contributed by atoms with E-state index < -0.39 is 10.0 Å². The fraction of sp³-hybridized carbons (Fsp3) is 0.364. The van der Waals surface area contributed by atoms with Gasteiger partial charge >= 0.3 is 0 Å². The summed E-state index contributed by atoms with van der Waals surface area (Å²) in [6.45, 7) is 2.96. The Morgan fingerprint density at radius 3 is 2.58 bits per heavy atom. The minimum Gasteiger partial charge on any atom is -0.353 e. The lowest BCUT2D eigenvalue weighted by Gasteiger charge is -2.32. The van der Waals surface area contributed by atoms with Gasteiger partial charge in [-0.2, -0.15) is 0 Å². The molecule has 0 radical (unpaired) electrons. The molecule has 0 bridgehead atoms. The van der Waals surface area contributed by atoms with Crippen molar-refractivity contribution in [3.8, 4) is 0 Å². The summed E-state index contributed by atoms with van der Waals surface area (Å²) in [5.41, 5.74) is 1.78. The number of halogens is 1. The summed E-state index contributed by atoms with van der Waals surface area (Å²) in [5.74, 6) is 0.244. The quantitative estimate of drug-likeness (QED) is 0.693. The monoisotopic (exact) mass is 460 g/mol. The summed E-state index contributed by atoms with van der Waals surface area (Å²) in [5, 5.41) is 3.82. The van der Waals surface area contributed by atoms with Crippen molar-refractivity contribution in [2.75, 3.05) is 19.6 Å². The predicted molar refractivity (Wildman–Crippen MR) is 121 cm³/mol. The van der Waals surface area contributed by atoms with Crippen molar-refractivity contribution in [3.05, 3.63) is 64.7 Å². The zero-order chi connectivity index (χ0) is 21.8. The van der Waals surface area contributed by atoms with Crippen molar-refractivity contribution >= 4 is 33.4 Å². The molecular formula is C22H25ClN4O3S. The molecule has 0 aromatic heterocycles. The number of fused-ring (bicyclic) bond motifs is 1. The molecule has 4 rings (SSSR count). The minimum absolute atomic E-state index is 0.0605. The molecule has 0 unspecified atom stereocenters. The van der Waals surface area contributed by atoms with Crippen LogP contribution in [-0.4, -0.2) is 50.7 Å². The van der Waals surface area contributed by atoms with E-state index >= 15 is 0 Å². The predicted octanol–water partition coefficient (Wildman–Crippen LogP) is 2.55. The molecule has 2 aromatic rings. The molecule has 9 heteroatoms.